The molecule has 82 valence electrons. The van der Waals surface area contributed by atoms with E-state index in [1.54, 1.807) is 24.3 Å². The summed E-state index contributed by atoms with van der Waals surface area (Å²) in [6.07, 6.45) is 1.40. The first-order chi connectivity index (χ1) is 7.66. The summed E-state index contributed by atoms with van der Waals surface area (Å²) in [6, 6.07) is 6.83. The van der Waals surface area contributed by atoms with Gasteiger partial charge in [-0.3, -0.25) is 9.59 Å². The van der Waals surface area contributed by atoms with Crippen molar-refractivity contribution in [3.8, 4) is 0 Å². The fourth-order valence-corrected chi connectivity index (χ4v) is 2.25. The van der Waals surface area contributed by atoms with Gasteiger partial charge in [0.15, 0.2) is 5.78 Å². The molecule has 1 heterocycles. The molecule has 0 aromatic heterocycles. The predicted molar refractivity (Wildman–Crippen MR) is 64.5 cm³/mol. The Balaban J connectivity index is 2.21. The van der Waals surface area contributed by atoms with E-state index in [0.717, 1.165) is 0 Å². The van der Waals surface area contributed by atoms with Gasteiger partial charge in [-0.15, -0.1) is 0 Å². The molecule has 1 saturated heterocycles. The van der Waals surface area contributed by atoms with Crippen molar-refractivity contribution in [1.29, 1.82) is 0 Å². The molecule has 1 aromatic rings. The number of rotatable bonds is 2. The van der Waals surface area contributed by atoms with Gasteiger partial charge in [0.05, 0.1) is 15.8 Å². The van der Waals surface area contributed by atoms with E-state index < -0.39 is 0 Å². The Hall–Kier alpha value is -1.26. The molecule has 0 atom stereocenters. The van der Waals surface area contributed by atoms with Gasteiger partial charge in [0.25, 0.3) is 0 Å². The number of nitrogens with one attached hydrogen (secondary N) is 1. The number of carbonyl (C=O) groups excluding carboxylic acids is 2. The second-order valence-electron chi connectivity index (χ2n) is 3.19. The summed E-state index contributed by atoms with van der Waals surface area (Å²) in [5, 5.41) is 3.59. The van der Waals surface area contributed by atoms with E-state index in [1.807, 2.05) is 0 Å². The van der Waals surface area contributed by atoms with Crippen LogP contribution in [0.3, 0.4) is 0 Å². The minimum Gasteiger partial charge on any atom is -0.320 e. The molecule has 1 fully saturated rings. The Kier molecular flexibility index (Phi) is 3.31. The second-order valence-corrected chi connectivity index (χ2v) is 4.61. The number of halogens is 1. The third kappa shape index (κ3) is 2.46. The van der Waals surface area contributed by atoms with Gasteiger partial charge >= 0.3 is 0 Å². The molecule has 0 bridgehead atoms. The van der Waals surface area contributed by atoms with E-state index in [4.69, 9.17) is 11.6 Å². The van der Waals surface area contributed by atoms with Crippen LogP contribution in [-0.2, 0) is 4.79 Å². The van der Waals surface area contributed by atoms with Crippen LogP contribution in [0.15, 0.2) is 35.4 Å². The van der Waals surface area contributed by atoms with Gasteiger partial charge < -0.3 is 5.32 Å². The SMILES string of the molecule is O=C1CS/C(=C\C(=O)c2ccccc2Cl)N1. The standard InChI is InChI=1S/C11H8ClNO2S/c12-8-4-2-1-3-7(8)9(14)5-11-13-10(15)6-16-11/h1-5H,6H2,(H,13,15)/b11-5-. The number of ketones is 1. The van der Waals surface area contributed by atoms with Gasteiger partial charge in [-0.25, -0.2) is 0 Å². The van der Waals surface area contributed by atoms with Crippen LogP contribution < -0.4 is 5.32 Å². The normalized spacial score (nSPS) is 17.6. The van der Waals surface area contributed by atoms with Crippen molar-refractivity contribution in [2.45, 2.75) is 0 Å². The monoisotopic (exact) mass is 253 g/mol. The lowest BCUT2D eigenvalue weighted by molar-refractivity contribution is -0.117. The van der Waals surface area contributed by atoms with Crippen molar-refractivity contribution in [3.63, 3.8) is 0 Å². The number of hydrogen-bond acceptors (Lipinski definition) is 3. The molecule has 1 amide bonds. The van der Waals surface area contributed by atoms with E-state index in [-0.39, 0.29) is 11.7 Å². The number of carbonyl (C=O) groups is 2. The topological polar surface area (TPSA) is 46.2 Å². The molecule has 1 N–H and O–H groups in total. The van der Waals surface area contributed by atoms with Gasteiger partial charge in [0.2, 0.25) is 5.91 Å². The van der Waals surface area contributed by atoms with Crippen molar-refractivity contribution >= 4 is 35.1 Å². The molecule has 3 nitrogen and oxygen atoms in total. The molecule has 0 unspecified atom stereocenters. The maximum absolute atomic E-state index is 11.8. The average molecular weight is 254 g/mol. The average Bonchev–Trinajstić information content (AvgIpc) is 2.64. The lowest BCUT2D eigenvalue weighted by atomic mass is 10.1. The summed E-state index contributed by atoms with van der Waals surface area (Å²) in [7, 11) is 0. The molecule has 5 heteroatoms. The van der Waals surface area contributed by atoms with Gasteiger partial charge in [-0.2, -0.15) is 0 Å². The summed E-state index contributed by atoms with van der Waals surface area (Å²) >= 11 is 7.20. The van der Waals surface area contributed by atoms with Gasteiger partial charge in [0.1, 0.15) is 0 Å². The molecule has 2 rings (SSSR count). The maximum Gasteiger partial charge on any atom is 0.235 e. The van der Waals surface area contributed by atoms with E-state index >= 15 is 0 Å². The highest BCUT2D eigenvalue weighted by molar-refractivity contribution is 8.04. The first kappa shape index (κ1) is 11.2. The second kappa shape index (κ2) is 4.72. The molecule has 0 radical (unpaired) electrons. The summed E-state index contributed by atoms with van der Waals surface area (Å²) < 4.78 is 0. The van der Waals surface area contributed by atoms with Crippen LogP contribution in [0.2, 0.25) is 5.02 Å². The summed E-state index contributed by atoms with van der Waals surface area (Å²) in [6.45, 7) is 0. The number of hydrogen-bond donors (Lipinski definition) is 1. The van der Waals surface area contributed by atoms with Crippen LogP contribution in [0, 0.1) is 0 Å². The minimum absolute atomic E-state index is 0.0804. The summed E-state index contributed by atoms with van der Waals surface area (Å²) in [5.74, 6) is 0.0836. The number of amides is 1. The van der Waals surface area contributed by atoms with Crippen LogP contribution in [-0.4, -0.2) is 17.4 Å². The molecule has 0 spiro atoms. The molecule has 1 aromatic carbocycles. The zero-order valence-corrected chi connectivity index (χ0v) is 9.77. The number of benzene rings is 1. The lowest BCUT2D eigenvalue weighted by Crippen LogP contribution is -2.14. The van der Waals surface area contributed by atoms with Gasteiger partial charge in [-0.1, -0.05) is 35.5 Å². The molecular weight excluding hydrogens is 246 g/mol. The van der Waals surface area contributed by atoms with Crippen molar-refractivity contribution in [2.75, 3.05) is 5.75 Å². The van der Waals surface area contributed by atoms with Crippen LogP contribution in [0.5, 0.6) is 0 Å². The van der Waals surface area contributed by atoms with Crippen LogP contribution in [0.25, 0.3) is 0 Å². The van der Waals surface area contributed by atoms with E-state index in [2.05, 4.69) is 5.32 Å². The zero-order valence-electron chi connectivity index (χ0n) is 8.20. The maximum atomic E-state index is 11.8. The fourth-order valence-electron chi connectivity index (χ4n) is 1.29. The fraction of sp³-hybridized carbons (Fsp3) is 0.0909. The van der Waals surface area contributed by atoms with Crippen molar-refractivity contribution in [3.05, 3.63) is 46.0 Å². The predicted octanol–water partition coefficient (Wildman–Crippen LogP) is 2.23. The molecular formula is C11H8ClNO2S. The number of thioether (sulfide) groups is 1. The Morgan fingerprint density at radius 2 is 2.19 bits per heavy atom. The van der Waals surface area contributed by atoms with Crippen molar-refractivity contribution < 1.29 is 9.59 Å². The lowest BCUT2D eigenvalue weighted by Gasteiger charge is -2.00. The summed E-state index contributed by atoms with van der Waals surface area (Å²) in [4.78, 5) is 22.7. The Morgan fingerprint density at radius 3 is 2.81 bits per heavy atom. The highest BCUT2D eigenvalue weighted by Crippen LogP contribution is 2.21. The first-order valence-corrected chi connectivity index (χ1v) is 5.96. The third-order valence-electron chi connectivity index (χ3n) is 2.02. The summed E-state index contributed by atoms with van der Waals surface area (Å²) in [5.41, 5.74) is 0.443. The molecule has 0 aliphatic carbocycles. The first-order valence-electron chi connectivity index (χ1n) is 4.60. The highest BCUT2D eigenvalue weighted by Gasteiger charge is 2.17. The van der Waals surface area contributed by atoms with Gasteiger partial charge in [0, 0.05) is 11.6 Å². The largest absolute Gasteiger partial charge is 0.320 e. The molecule has 0 saturated carbocycles. The minimum atomic E-state index is -0.199. The Morgan fingerprint density at radius 1 is 1.44 bits per heavy atom. The third-order valence-corrected chi connectivity index (χ3v) is 3.29. The Bertz CT molecular complexity index is 485. The molecule has 16 heavy (non-hydrogen) atoms. The van der Waals surface area contributed by atoms with E-state index in [9.17, 15) is 9.59 Å². The van der Waals surface area contributed by atoms with Gasteiger partial charge in [-0.05, 0) is 12.1 Å². The van der Waals surface area contributed by atoms with E-state index in [0.29, 0.717) is 21.4 Å². The number of allylic oxidation sites excluding steroid dienone is 1. The zero-order chi connectivity index (χ0) is 11.5. The highest BCUT2D eigenvalue weighted by atomic mass is 35.5. The smallest absolute Gasteiger partial charge is 0.235 e. The van der Waals surface area contributed by atoms with Crippen LogP contribution >= 0.6 is 23.4 Å². The van der Waals surface area contributed by atoms with E-state index in [1.165, 1.54) is 17.8 Å². The Labute approximate surface area is 102 Å². The van der Waals surface area contributed by atoms with Crippen molar-refractivity contribution in [1.82, 2.24) is 5.32 Å². The molecule has 1 aliphatic rings. The van der Waals surface area contributed by atoms with Crippen LogP contribution in [0.1, 0.15) is 10.4 Å². The quantitative estimate of drug-likeness (QED) is 0.649. The molecule has 1 aliphatic heterocycles. The van der Waals surface area contributed by atoms with Crippen molar-refractivity contribution in [2.24, 2.45) is 0 Å². The van der Waals surface area contributed by atoms with Crippen LogP contribution in [0.4, 0.5) is 0 Å².